The van der Waals surface area contributed by atoms with Crippen molar-refractivity contribution in [3.63, 3.8) is 0 Å². The summed E-state index contributed by atoms with van der Waals surface area (Å²) in [5.41, 5.74) is 0.979. The molecule has 0 fully saturated rings. The first-order valence-corrected chi connectivity index (χ1v) is 6.61. The van der Waals surface area contributed by atoms with Crippen LogP contribution in [0, 0.1) is 6.92 Å². The fraction of sp³-hybridized carbons (Fsp3) is 0.0714. The highest BCUT2D eigenvalue weighted by atomic mass is 35.5. The van der Waals surface area contributed by atoms with Gasteiger partial charge in [0.25, 0.3) is 5.91 Å². The van der Waals surface area contributed by atoms with E-state index < -0.39 is 11.9 Å². The molecular formula is C14H10Cl2N2O3. The second-order valence-corrected chi connectivity index (χ2v) is 5.02. The van der Waals surface area contributed by atoms with Crippen molar-refractivity contribution in [1.82, 2.24) is 4.98 Å². The van der Waals surface area contributed by atoms with Gasteiger partial charge in [-0.15, -0.1) is 0 Å². The summed E-state index contributed by atoms with van der Waals surface area (Å²) in [5, 5.41) is 12.0. The first-order chi connectivity index (χ1) is 9.90. The first kappa shape index (κ1) is 15.3. The number of hydrogen-bond acceptors (Lipinski definition) is 3. The molecule has 5 nitrogen and oxygen atoms in total. The van der Waals surface area contributed by atoms with Crippen LogP contribution < -0.4 is 5.32 Å². The maximum atomic E-state index is 12.1. The molecule has 2 aromatic rings. The first-order valence-electron chi connectivity index (χ1n) is 5.85. The Morgan fingerprint density at radius 3 is 2.62 bits per heavy atom. The lowest BCUT2D eigenvalue weighted by atomic mass is 10.1. The zero-order valence-corrected chi connectivity index (χ0v) is 12.4. The minimum absolute atomic E-state index is 0.0406. The Kier molecular flexibility index (Phi) is 4.45. The van der Waals surface area contributed by atoms with Gasteiger partial charge in [0, 0.05) is 6.20 Å². The van der Waals surface area contributed by atoms with Crippen LogP contribution in [0.2, 0.25) is 10.2 Å². The molecular weight excluding hydrogens is 315 g/mol. The molecule has 0 aliphatic carbocycles. The summed E-state index contributed by atoms with van der Waals surface area (Å²) in [6.45, 7) is 1.65. The third-order valence-corrected chi connectivity index (χ3v) is 3.48. The fourth-order valence-electron chi connectivity index (χ4n) is 1.80. The van der Waals surface area contributed by atoms with Crippen LogP contribution >= 0.6 is 23.2 Å². The van der Waals surface area contributed by atoms with Crippen LogP contribution in [0.3, 0.4) is 0 Å². The van der Waals surface area contributed by atoms with Crippen molar-refractivity contribution in [3.8, 4) is 0 Å². The van der Waals surface area contributed by atoms with Crippen LogP contribution in [0.4, 0.5) is 5.69 Å². The molecule has 0 radical (unpaired) electrons. The molecule has 21 heavy (non-hydrogen) atoms. The van der Waals surface area contributed by atoms with Gasteiger partial charge in [0.05, 0.1) is 21.8 Å². The standard InChI is InChI=1S/C14H10Cl2N2O3/c1-7-3-2-4-10(11(7)14(20)21)18-13(19)8-5-9(15)12(16)17-6-8/h2-6H,1H3,(H,18,19)(H,20,21). The molecule has 0 aliphatic rings. The van der Waals surface area contributed by atoms with E-state index in [0.717, 1.165) is 0 Å². The minimum atomic E-state index is -1.12. The Balaban J connectivity index is 2.34. The van der Waals surface area contributed by atoms with Crippen LogP contribution in [-0.4, -0.2) is 22.0 Å². The van der Waals surface area contributed by atoms with E-state index in [1.165, 1.54) is 18.3 Å². The second-order valence-electron chi connectivity index (χ2n) is 4.25. The summed E-state index contributed by atoms with van der Waals surface area (Å²) in [6.07, 6.45) is 1.26. The Morgan fingerprint density at radius 1 is 1.29 bits per heavy atom. The summed E-state index contributed by atoms with van der Waals surface area (Å²) in [7, 11) is 0. The van der Waals surface area contributed by atoms with E-state index >= 15 is 0 Å². The number of carbonyl (C=O) groups excluding carboxylic acids is 1. The van der Waals surface area contributed by atoms with E-state index in [0.29, 0.717) is 5.56 Å². The average molecular weight is 325 g/mol. The second kappa shape index (κ2) is 6.11. The molecule has 1 amide bonds. The van der Waals surface area contributed by atoms with Crippen molar-refractivity contribution in [1.29, 1.82) is 0 Å². The van der Waals surface area contributed by atoms with Crippen LogP contribution in [0.15, 0.2) is 30.5 Å². The average Bonchev–Trinajstić information content (AvgIpc) is 2.41. The van der Waals surface area contributed by atoms with Gasteiger partial charge in [0.1, 0.15) is 5.15 Å². The van der Waals surface area contributed by atoms with Gasteiger partial charge in [-0.3, -0.25) is 4.79 Å². The van der Waals surface area contributed by atoms with Gasteiger partial charge in [-0.05, 0) is 24.6 Å². The number of anilines is 1. The van der Waals surface area contributed by atoms with E-state index in [1.54, 1.807) is 19.1 Å². The summed E-state index contributed by atoms with van der Waals surface area (Å²) in [6, 6.07) is 6.19. The summed E-state index contributed by atoms with van der Waals surface area (Å²) < 4.78 is 0. The van der Waals surface area contributed by atoms with Gasteiger partial charge < -0.3 is 10.4 Å². The van der Waals surface area contributed by atoms with Crippen molar-refractivity contribution in [2.45, 2.75) is 6.92 Å². The Labute approximate surface area is 130 Å². The Bertz CT molecular complexity index is 732. The molecule has 1 aromatic heterocycles. The van der Waals surface area contributed by atoms with E-state index in [-0.39, 0.29) is 27.0 Å². The number of carboxylic acid groups (broad SMARTS) is 1. The lowest BCUT2D eigenvalue weighted by Crippen LogP contribution is -2.15. The zero-order chi connectivity index (χ0) is 15.6. The van der Waals surface area contributed by atoms with Gasteiger partial charge in [0.15, 0.2) is 0 Å². The molecule has 0 saturated carbocycles. The number of aromatic nitrogens is 1. The number of nitrogens with one attached hydrogen (secondary N) is 1. The van der Waals surface area contributed by atoms with Crippen molar-refractivity contribution < 1.29 is 14.7 Å². The van der Waals surface area contributed by atoms with E-state index in [4.69, 9.17) is 23.2 Å². The number of rotatable bonds is 3. The fourth-order valence-corrected chi connectivity index (χ4v) is 2.07. The maximum absolute atomic E-state index is 12.1. The SMILES string of the molecule is Cc1cccc(NC(=O)c2cnc(Cl)c(Cl)c2)c1C(=O)O. The van der Waals surface area contributed by atoms with Crippen molar-refractivity contribution >= 4 is 40.8 Å². The van der Waals surface area contributed by atoms with Crippen LogP contribution in [-0.2, 0) is 0 Å². The van der Waals surface area contributed by atoms with Gasteiger partial charge in [0.2, 0.25) is 0 Å². The zero-order valence-electron chi connectivity index (χ0n) is 10.9. The molecule has 0 unspecified atom stereocenters. The quantitative estimate of drug-likeness (QED) is 0.844. The lowest BCUT2D eigenvalue weighted by Gasteiger charge is -2.10. The Hall–Kier alpha value is -2.11. The molecule has 108 valence electrons. The number of halogens is 2. The van der Waals surface area contributed by atoms with Gasteiger partial charge in [-0.1, -0.05) is 35.3 Å². The smallest absolute Gasteiger partial charge is 0.338 e. The number of amides is 1. The van der Waals surface area contributed by atoms with Gasteiger partial charge >= 0.3 is 5.97 Å². The molecule has 2 rings (SSSR count). The normalized spacial score (nSPS) is 10.2. The lowest BCUT2D eigenvalue weighted by molar-refractivity contribution is 0.0697. The molecule has 2 N–H and O–H groups in total. The molecule has 1 aromatic carbocycles. The number of carboxylic acids is 1. The number of aromatic carboxylic acids is 1. The van der Waals surface area contributed by atoms with Crippen molar-refractivity contribution in [2.24, 2.45) is 0 Å². The molecule has 1 heterocycles. The maximum Gasteiger partial charge on any atom is 0.338 e. The molecule has 0 bridgehead atoms. The summed E-state index contributed by atoms with van der Waals surface area (Å²) in [4.78, 5) is 27.1. The van der Waals surface area contributed by atoms with Crippen LogP contribution in [0.5, 0.6) is 0 Å². The van der Waals surface area contributed by atoms with E-state index in [9.17, 15) is 14.7 Å². The highest BCUT2D eigenvalue weighted by molar-refractivity contribution is 6.41. The van der Waals surface area contributed by atoms with Gasteiger partial charge in [-0.25, -0.2) is 9.78 Å². The molecule has 0 spiro atoms. The number of benzene rings is 1. The molecule has 7 heteroatoms. The summed E-state index contributed by atoms with van der Waals surface area (Å²) >= 11 is 11.5. The number of aryl methyl sites for hydroxylation is 1. The largest absolute Gasteiger partial charge is 0.478 e. The Morgan fingerprint density at radius 2 is 2.00 bits per heavy atom. The number of pyridine rings is 1. The molecule has 0 saturated heterocycles. The van der Waals surface area contributed by atoms with Gasteiger partial charge in [-0.2, -0.15) is 0 Å². The third-order valence-electron chi connectivity index (χ3n) is 2.79. The van der Waals surface area contributed by atoms with E-state index in [2.05, 4.69) is 10.3 Å². The summed E-state index contributed by atoms with van der Waals surface area (Å²) in [5.74, 6) is -1.63. The van der Waals surface area contributed by atoms with Crippen LogP contribution in [0.25, 0.3) is 0 Å². The minimum Gasteiger partial charge on any atom is -0.478 e. The molecule has 0 atom stereocenters. The van der Waals surface area contributed by atoms with Crippen LogP contribution in [0.1, 0.15) is 26.3 Å². The number of nitrogens with zero attached hydrogens (tertiary/aromatic N) is 1. The van der Waals surface area contributed by atoms with Crippen molar-refractivity contribution in [2.75, 3.05) is 5.32 Å². The number of hydrogen-bond donors (Lipinski definition) is 2. The monoisotopic (exact) mass is 324 g/mol. The number of carbonyl (C=O) groups is 2. The predicted octanol–water partition coefficient (Wildman–Crippen LogP) is 3.65. The molecule has 0 aliphatic heterocycles. The van der Waals surface area contributed by atoms with Crippen molar-refractivity contribution in [3.05, 3.63) is 57.3 Å². The highest BCUT2D eigenvalue weighted by Gasteiger charge is 2.16. The highest BCUT2D eigenvalue weighted by Crippen LogP contribution is 2.22. The predicted molar refractivity (Wildman–Crippen MR) is 80.3 cm³/mol. The third kappa shape index (κ3) is 3.32. The van der Waals surface area contributed by atoms with E-state index in [1.807, 2.05) is 0 Å². The topological polar surface area (TPSA) is 79.3 Å².